The fourth-order valence-electron chi connectivity index (χ4n) is 2.10. The third-order valence-corrected chi connectivity index (χ3v) is 4.38. The zero-order chi connectivity index (χ0) is 21.0. The van der Waals surface area contributed by atoms with Crippen molar-refractivity contribution in [3.05, 3.63) is 24.3 Å². The Kier molecular flexibility index (Phi) is 7.50. The summed E-state index contributed by atoms with van der Waals surface area (Å²) in [5, 5.41) is 20.1. The molecule has 1 aromatic carbocycles. The Balaban J connectivity index is 2.63. The van der Waals surface area contributed by atoms with Gasteiger partial charge in [0.05, 0.1) is 11.2 Å². The Hall–Kier alpha value is -1.57. The molecule has 1 aromatic rings. The van der Waals surface area contributed by atoms with E-state index < -0.39 is 28.9 Å². The summed E-state index contributed by atoms with van der Waals surface area (Å²) in [6, 6.07) is 7.18. The fraction of sp³-hybridized carbons (Fsp3) is 0.650. The van der Waals surface area contributed by atoms with Gasteiger partial charge >= 0.3 is 12.9 Å². The zero-order valence-corrected chi connectivity index (χ0v) is 17.7. The quantitative estimate of drug-likeness (QED) is 0.531. The Morgan fingerprint density at radius 2 is 1.59 bits per heavy atom. The van der Waals surface area contributed by atoms with E-state index in [1.54, 1.807) is 46.8 Å². The molecule has 0 aromatic heterocycles. The van der Waals surface area contributed by atoms with Gasteiger partial charge in [0.15, 0.2) is 6.10 Å². The van der Waals surface area contributed by atoms with Gasteiger partial charge in [-0.25, -0.2) is 4.79 Å². The van der Waals surface area contributed by atoms with Gasteiger partial charge in [0, 0.05) is 0 Å². The van der Waals surface area contributed by atoms with Crippen molar-refractivity contribution in [2.24, 2.45) is 0 Å². The number of hydrogen-bond donors (Lipinski definition) is 2. The largest absolute Gasteiger partial charge is 0.490 e. The standard InChI is InChI=1S/C20H33BO6/c1-18(2,3)26-17(23)16(22)13-25-15-11-9-14(10-12-15)21(8)27-20(6,7)19(4,5)24/h9-12,16,22,24H,13H2,1-8H3/t16-/m1/s1. The molecule has 0 fully saturated rings. The van der Waals surface area contributed by atoms with Gasteiger partial charge in [-0.15, -0.1) is 0 Å². The molecule has 0 saturated carbocycles. The number of hydrogen-bond acceptors (Lipinski definition) is 6. The lowest BCUT2D eigenvalue weighted by Crippen LogP contribution is -2.52. The van der Waals surface area contributed by atoms with Crippen LogP contribution in [0.5, 0.6) is 5.75 Å². The molecule has 0 spiro atoms. The van der Waals surface area contributed by atoms with Crippen LogP contribution in [0.25, 0.3) is 0 Å². The van der Waals surface area contributed by atoms with E-state index in [0.717, 1.165) is 5.46 Å². The van der Waals surface area contributed by atoms with Gasteiger partial charge in [0.1, 0.15) is 18.0 Å². The number of esters is 1. The first-order valence-corrected chi connectivity index (χ1v) is 9.16. The normalized spacial score (nSPS) is 13.9. The predicted octanol–water partition coefficient (Wildman–Crippen LogP) is 2.16. The molecule has 0 unspecified atom stereocenters. The van der Waals surface area contributed by atoms with E-state index >= 15 is 0 Å². The molecule has 27 heavy (non-hydrogen) atoms. The van der Waals surface area contributed by atoms with Crippen LogP contribution in [-0.2, 0) is 14.2 Å². The van der Waals surface area contributed by atoms with Crippen molar-refractivity contribution >= 4 is 18.3 Å². The molecule has 0 aliphatic carbocycles. The van der Waals surface area contributed by atoms with Crippen LogP contribution in [0, 0.1) is 0 Å². The van der Waals surface area contributed by atoms with Crippen LogP contribution >= 0.6 is 0 Å². The Morgan fingerprint density at radius 1 is 1.07 bits per heavy atom. The molecule has 0 saturated heterocycles. The minimum Gasteiger partial charge on any atom is -0.490 e. The summed E-state index contributed by atoms with van der Waals surface area (Å²) in [5.41, 5.74) is -1.44. The molecule has 152 valence electrons. The molecular formula is C20H33BO6. The average molecular weight is 380 g/mol. The first kappa shape index (κ1) is 23.5. The molecule has 7 heteroatoms. The molecule has 2 N–H and O–H groups in total. The maximum absolute atomic E-state index is 11.7. The molecule has 0 aliphatic heterocycles. The van der Waals surface area contributed by atoms with Crippen molar-refractivity contribution in [3.63, 3.8) is 0 Å². The molecular weight excluding hydrogens is 347 g/mol. The van der Waals surface area contributed by atoms with Crippen molar-refractivity contribution in [3.8, 4) is 5.75 Å². The highest BCUT2D eigenvalue weighted by Gasteiger charge is 2.38. The smallest absolute Gasteiger partial charge is 0.339 e. The summed E-state index contributed by atoms with van der Waals surface area (Å²) in [5.74, 6) is -0.190. The topological polar surface area (TPSA) is 85.2 Å². The van der Waals surface area contributed by atoms with Crippen LogP contribution < -0.4 is 10.2 Å². The maximum Gasteiger partial charge on any atom is 0.339 e. The van der Waals surface area contributed by atoms with Crippen LogP contribution in [0.4, 0.5) is 0 Å². The summed E-state index contributed by atoms with van der Waals surface area (Å²) in [4.78, 5) is 11.7. The van der Waals surface area contributed by atoms with Crippen LogP contribution in [-0.4, -0.2) is 52.6 Å². The van der Waals surface area contributed by atoms with E-state index in [1.165, 1.54) is 0 Å². The molecule has 0 aliphatic rings. The predicted molar refractivity (Wildman–Crippen MR) is 107 cm³/mol. The van der Waals surface area contributed by atoms with Crippen LogP contribution in [0.1, 0.15) is 48.5 Å². The van der Waals surface area contributed by atoms with Gasteiger partial charge in [-0.1, -0.05) is 19.0 Å². The Morgan fingerprint density at radius 3 is 2.04 bits per heavy atom. The number of rotatable bonds is 8. The lowest BCUT2D eigenvalue weighted by Gasteiger charge is -2.39. The van der Waals surface area contributed by atoms with Gasteiger partial charge in [-0.2, -0.15) is 0 Å². The average Bonchev–Trinajstić information content (AvgIpc) is 2.49. The van der Waals surface area contributed by atoms with Gasteiger partial charge < -0.3 is 24.3 Å². The second-order valence-corrected chi connectivity index (χ2v) is 8.76. The van der Waals surface area contributed by atoms with Crippen LogP contribution in [0.2, 0.25) is 6.82 Å². The van der Waals surface area contributed by atoms with Crippen molar-refractivity contribution in [1.82, 2.24) is 0 Å². The van der Waals surface area contributed by atoms with Crippen molar-refractivity contribution < 1.29 is 29.1 Å². The summed E-state index contributed by atoms with van der Waals surface area (Å²) < 4.78 is 16.6. The first-order chi connectivity index (χ1) is 12.1. The number of aliphatic hydroxyl groups is 2. The maximum atomic E-state index is 11.7. The van der Waals surface area contributed by atoms with Crippen LogP contribution in [0.15, 0.2) is 24.3 Å². The lowest BCUT2D eigenvalue weighted by atomic mass is 9.62. The molecule has 0 amide bonds. The highest BCUT2D eigenvalue weighted by atomic mass is 16.6. The number of ether oxygens (including phenoxy) is 2. The van der Waals surface area contributed by atoms with Gasteiger partial charge in [0.25, 0.3) is 0 Å². The van der Waals surface area contributed by atoms with Gasteiger partial charge in [-0.05, 0) is 66.1 Å². The SMILES string of the molecule is CB(OC(C)(C)C(C)(C)O)c1ccc(OC[C@@H](O)C(=O)OC(C)(C)C)cc1. The van der Waals surface area contributed by atoms with Crippen molar-refractivity contribution in [1.29, 1.82) is 0 Å². The lowest BCUT2D eigenvalue weighted by molar-refractivity contribution is -0.166. The molecule has 0 bridgehead atoms. The van der Waals surface area contributed by atoms with E-state index in [9.17, 15) is 15.0 Å². The minimum absolute atomic E-state index is 0.188. The van der Waals surface area contributed by atoms with E-state index in [-0.39, 0.29) is 13.5 Å². The highest BCUT2D eigenvalue weighted by Crippen LogP contribution is 2.25. The number of carbonyl (C=O) groups is 1. The number of carbonyl (C=O) groups excluding carboxylic acids is 1. The van der Waals surface area contributed by atoms with Crippen molar-refractivity contribution in [2.45, 2.75) is 78.2 Å². The fourth-order valence-corrected chi connectivity index (χ4v) is 2.10. The second-order valence-electron chi connectivity index (χ2n) is 8.76. The summed E-state index contributed by atoms with van der Waals surface area (Å²) in [6.07, 6.45) is -1.35. The summed E-state index contributed by atoms with van der Waals surface area (Å²) >= 11 is 0. The number of benzene rings is 1. The van der Waals surface area contributed by atoms with Crippen LogP contribution in [0.3, 0.4) is 0 Å². The van der Waals surface area contributed by atoms with Gasteiger partial charge in [0.2, 0.25) is 0 Å². The second kappa shape index (κ2) is 8.63. The first-order valence-electron chi connectivity index (χ1n) is 9.16. The van der Waals surface area contributed by atoms with E-state index in [1.807, 2.05) is 32.8 Å². The molecule has 6 nitrogen and oxygen atoms in total. The Bertz CT molecular complexity index is 613. The molecule has 1 atom stereocenters. The van der Waals surface area contributed by atoms with E-state index in [4.69, 9.17) is 14.1 Å². The van der Waals surface area contributed by atoms with E-state index in [0.29, 0.717) is 5.75 Å². The van der Waals surface area contributed by atoms with Gasteiger partial charge in [-0.3, -0.25) is 0 Å². The molecule has 0 heterocycles. The highest BCUT2D eigenvalue weighted by molar-refractivity contribution is 6.66. The summed E-state index contributed by atoms with van der Waals surface area (Å²) in [6.45, 7) is 13.8. The van der Waals surface area contributed by atoms with Crippen molar-refractivity contribution in [2.75, 3.05) is 6.61 Å². The third kappa shape index (κ3) is 7.52. The molecule has 1 rings (SSSR count). The molecule has 0 radical (unpaired) electrons. The number of aliphatic hydroxyl groups excluding tert-OH is 1. The zero-order valence-electron chi connectivity index (χ0n) is 17.7. The summed E-state index contributed by atoms with van der Waals surface area (Å²) in [7, 11) is 0. The Labute approximate surface area is 162 Å². The van der Waals surface area contributed by atoms with E-state index in [2.05, 4.69) is 0 Å². The minimum atomic E-state index is -1.35. The monoisotopic (exact) mass is 380 g/mol. The third-order valence-electron chi connectivity index (χ3n) is 4.38.